The third-order valence-electron chi connectivity index (χ3n) is 6.07. The number of hydrogen-bond donors (Lipinski definition) is 1. The van der Waals surface area contributed by atoms with Gasteiger partial charge >= 0.3 is 0 Å². The molecule has 2 heterocycles. The highest BCUT2D eigenvalue weighted by Crippen LogP contribution is 2.29. The van der Waals surface area contributed by atoms with E-state index in [1.165, 1.54) is 11.1 Å². The third-order valence-corrected chi connectivity index (χ3v) is 6.07. The summed E-state index contributed by atoms with van der Waals surface area (Å²) in [7, 11) is 1.63. The smallest absolute Gasteiger partial charge is 0.199 e. The quantitative estimate of drug-likeness (QED) is 0.518. The average molecular weight is 412 g/mol. The minimum atomic E-state index is -0.0324. The summed E-state index contributed by atoms with van der Waals surface area (Å²) in [6.45, 7) is 2.77. The number of fused-ring (bicyclic) bond motifs is 2. The third kappa shape index (κ3) is 3.46. The van der Waals surface area contributed by atoms with Crippen molar-refractivity contribution in [1.82, 2.24) is 9.55 Å². The van der Waals surface area contributed by atoms with Crippen molar-refractivity contribution >= 4 is 16.7 Å². The largest absolute Gasteiger partial charge is 0.496 e. The molecule has 156 valence electrons. The van der Waals surface area contributed by atoms with Crippen LogP contribution in [0.2, 0.25) is 0 Å². The second-order valence-electron chi connectivity index (χ2n) is 7.97. The van der Waals surface area contributed by atoms with Crippen LogP contribution in [0.25, 0.3) is 22.2 Å². The molecule has 5 nitrogen and oxygen atoms in total. The Morgan fingerprint density at radius 3 is 2.48 bits per heavy atom. The highest BCUT2D eigenvalue weighted by Gasteiger charge is 2.21. The zero-order valence-electron chi connectivity index (χ0n) is 17.8. The van der Waals surface area contributed by atoms with Gasteiger partial charge in [0.15, 0.2) is 5.43 Å². The van der Waals surface area contributed by atoms with Gasteiger partial charge in [-0.3, -0.25) is 4.79 Å². The number of rotatable bonds is 5. The van der Waals surface area contributed by atoms with Crippen molar-refractivity contribution in [3.63, 3.8) is 0 Å². The Morgan fingerprint density at radius 2 is 1.77 bits per heavy atom. The summed E-state index contributed by atoms with van der Waals surface area (Å²) in [5.74, 6) is 0.688. The molecular formula is C26H25N3O2. The number of pyridine rings is 2. The molecule has 1 N–H and O–H groups in total. The number of ether oxygens (including phenoxy) is 1. The lowest BCUT2D eigenvalue weighted by Crippen LogP contribution is -2.20. The summed E-state index contributed by atoms with van der Waals surface area (Å²) >= 11 is 0. The van der Waals surface area contributed by atoms with Gasteiger partial charge in [-0.05, 0) is 43.0 Å². The first-order valence-corrected chi connectivity index (χ1v) is 10.7. The molecule has 0 spiro atoms. The maximum absolute atomic E-state index is 13.5. The molecule has 5 rings (SSSR count). The molecule has 31 heavy (non-hydrogen) atoms. The summed E-state index contributed by atoms with van der Waals surface area (Å²) in [6, 6.07) is 18.4. The number of nitrogens with one attached hydrogen (secondary N) is 1. The van der Waals surface area contributed by atoms with E-state index in [0.29, 0.717) is 28.4 Å². The van der Waals surface area contributed by atoms with E-state index in [1.54, 1.807) is 7.11 Å². The Hall–Kier alpha value is -3.60. The molecule has 0 aliphatic heterocycles. The Bertz CT molecular complexity index is 1300. The molecule has 1 aliphatic carbocycles. The number of methoxy groups -OCH3 is 1. The fourth-order valence-corrected chi connectivity index (χ4v) is 4.55. The maximum Gasteiger partial charge on any atom is 0.199 e. The van der Waals surface area contributed by atoms with E-state index >= 15 is 0 Å². The van der Waals surface area contributed by atoms with Crippen LogP contribution in [0.3, 0.4) is 0 Å². The van der Waals surface area contributed by atoms with E-state index in [9.17, 15) is 4.79 Å². The monoisotopic (exact) mass is 411 g/mol. The van der Waals surface area contributed by atoms with Gasteiger partial charge in [0.25, 0.3) is 0 Å². The summed E-state index contributed by atoms with van der Waals surface area (Å²) in [5.41, 5.74) is 5.74. The van der Waals surface area contributed by atoms with E-state index in [2.05, 4.69) is 41.5 Å². The molecule has 0 bridgehead atoms. The van der Waals surface area contributed by atoms with Gasteiger partial charge in [0, 0.05) is 29.9 Å². The summed E-state index contributed by atoms with van der Waals surface area (Å²) in [6.07, 6.45) is 5.68. The van der Waals surface area contributed by atoms with Crippen LogP contribution in [0.1, 0.15) is 18.1 Å². The lowest BCUT2D eigenvalue weighted by Gasteiger charge is -2.16. The Balaban J connectivity index is 1.56. The molecule has 0 saturated heterocycles. The second kappa shape index (κ2) is 7.91. The highest BCUT2D eigenvalue weighted by atomic mass is 16.5. The Labute approximate surface area is 181 Å². The van der Waals surface area contributed by atoms with Gasteiger partial charge in [0.2, 0.25) is 0 Å². The molecule has 0 unspecified atom stereocenters. The van der Waals surface area contributed by atoms with Crippen molar-refractivity contribution in [1.29, 1.82) is 0 Å². The number of hydrogen-bond acceptors (Lipinski definition) is 4. The van der Waals surface area contributed by atoms with Crippen LogP contribution in [-0.2, 0) is 19.4 Å². The van der Waals surface area contributed by atoms with Gasteiger partial charge in [-0.2, -0.15) is 0 Å². The summed E-state index contributed by atoms with van der Waals surface area (Å²) in [4.78, 5) is 18.1. The zero-order chi connectivity index (χ0) is 21.4. The average Bonchev–Trinajstić information content (AvgIpc) is 3.22. The van der Waals surface area contributed by atoms with Crippen LogP contribution >= 0.6 is 0 Å². The first-order chi connectivity index (χ1) is 15.2. The minimum Gasteiger partial charge on any atom is -0.496 e. The lowest BCUT2D eigenvalue weighted by molar-refractivity contribution is 0.416. The van der Waals surface area contributed by atoms with Crippen molar-refractivity contribution in [3.8, 4) is 16.9 Å². The van der Waals surface area contributed by atoms with Crippen LogP contribution in [0, 0.1) is 0 Å². The van der Waals surface area contributed by atoms with Gasteiger partial charge in [0.05, 0.1) is 24.4 Å². The molecule has 0 saturated carbocycles. The van der Waals surface area contributed by atoms with Crippen molar-refractivity contribution < 1.29 is 4.74 Å². The van der Waals surface area contributed by atoms with E-state index < -0.39 is 0 Å². The van der Waals surface area contributed by atoms with Crippen LogP contribution in [0.15, 0.2) is 71.8 Å². The molecule has 0 amide bonds. The lowest BCUT2D eigenvalue weighted by atomic mass is 10.0. The van der Waals surface area contributed by atoms with E-state index in [1.807, 2.05) is 47.3 Å². The minimum absolute atomic E-state index is 0.0324. The second-order valence-corrected chi connectivity index (χ2v) is 7.97. The van der Waals surface area contributed by atoms with Crippen molar-refractivity contribution in [2.45, 2.75) is 32.4 Å². The molecule has 0 atom stereocenters. The zero-order valence-corrected chi connectivity index (χ0v) is 17.8. The van der Waals surface area contributed by atoms with Gasteiger partial charge in [-0.25, -0.2) is 4.98 Å². The standard InChI is InChI=1S/C26H25N3O2/c1-3-29-16-23(21-10-6-7-11-24(21)31-2)25(30)22-14-20(15-27-26(22)29)28-19-12-17-8-4-5-9-18(17)13-19/h4-11,14-16,19,28H,3,12-13H2,1-2H3. The van der Waals surface area contributed by atoms with Crippen LogP contribution in [0.5, 0.6) is 5.75 Å². The van der Waals surface area contributed by atoms with E-state index in [4.69, 9.17) is 4.74 Å². The summed E-state index contributed by atoms with van der Waals surface area (Å²) < 4.78 is 7.53. The molecule has 4 aromatic rings. The topological polar surface area (TPSA) is 56.1 Å². The molecular weight excluding hydrogens is 386 g/mol. The fraction of sp³-hybridized carbons (Fsp3) is 0.231. The fourth-order valence-electron chi connectivity index (χ4n) is 4.55. The number of benzene rings is 2. The Kier molecular flexibility index (Phi) is 4.94. The first kappa shape index (κ1) is 19.4. The van der Waals surface area contributed by atoms with Crippen molar-refractivity contribution in [3.05, 3.63) is 88.3 Å². The number of nitrogens with zero attached hydrogens (tertiary/aromatic N) is 2. The molecule has 1 aliphatic rings. The molecule has 2 aromatic heterocycles. The van der Waals surface area contributed by atoms with Crippen LogP contribution in [0.4, 0.5) is 5.69 Å². The van der Waals surface area contributed by atoms with Gasteiger partial charge < -0.3 is 14.6 Å². The number of aromatic nitrogens is 2. The normalized spacial score (nSPS) is 13.4. The van der Waals surface area contributed by atoms with Crippen LogP contribution < -0.4 is 15.5 Å². The van der Waals surface area contributed by atoms with E-state index in [0.717, 1.165) is 30.6 Å². The maximum atomic E-state index is 13.5. The van der Waals surface area contributed by atoms with Crippen molar-refractivity contribution in [2.24, 2.45) is 0 Å². The molecule has 2 aromatic carbocycles. The predicted molar refractivity (Wildman–Crippen MR) is 125 cm³/mol. The first-order valence-electron chi connectivity index (χ1n) is 10.7. The van der Waals surface area contributed by atoms with Crippen LogP contribution in [-0.4, -0.2) is 22.7 Å². The van der Waals surface area contributed by atoms with Gasteiger partial charge in [0.1, 0.15) is 11.4 Å². The Morgan fingerprint density at radius 1 is 1.06 bits per heavy atom. The SMILES string of the molecule is CCn1cc(-c2ccccc2OC)c(=O)c2cc(NC3Cc4ccccc4C3)cnc21. The highest BCUT2D eigenvalue weighted by molar-refractivity contribution is 5.85. The number of anilines is 1. The molecule has 0 fully saturated rings. The number of para-hydroxylation sites is 1. The number of aryl methyl sites for hydroxylation is 1. The van der Waals surface area contributed by atoms with Gasteiger partial charge in [-0.15, -0.1) is 0 Å². The molecule has 0 radical (unpaired) electrons. The van der Waals surface area contributed by atoms with E-state index in [-0.39, 0.29) is 5.43 Å². The van der Waals surface area contributed by atoms with Gasteiger partial charge in [-0.1, -0.05) is 42.5 Å². The van der Waals surface area contributed by atoms with Crippen molar-refractivity contribution in [2.75, 3.05) is 12.4 Å². The predicted octanol–water partition coefficient (Wildman–Crippen LogP) is 4.67. The molecule has 5 heteroatoms. The summed E-state index contributed by atoms with van der Waals surface area (Å²) in [5, 5.41) is 4.21.